The second-order valence-corrected chi connectivity index (χ2v) is 7.51. The third-order valence-corrected chi connectivity index (χ3v) is 5.34. The molecule has 0 amide bonds. The van der Waals surface area contributed by atoms with E-state index in [1.165, 1.54) is 24.1 Å². The predicted molar refractivity (Wildman–Crippen MR) is 108 cm³/mol. The van der Waals surface area contributed by atoms with E-state index < -0.39 is 0 Å². The molecule has 1 aliphatic heterocycles. The van der Waals surface area contributed by atoms with Crippen molar-refractivity contribution in [1.82, 2.24) is 29.6 Å². The molecule has 1 saturated heterocycles. The summed E-state index contributed by atoms with van der Waals surface area (Å²) in [5.74, 6) is 1.18. The number of aromatic nitrogens is 5. The molecule has 28 heavy (non-hydrogen) atoms. The van der Waals surface area contributed by atoms with Gasteiger partial charge in [0.05, 0.1) is 6.20 Å². The molecule has 3 aromatic rings. The van der Waals surface area contributed by atoms with Gasteiger partial charge in [0.15, 0.2) is 5.82 Å². The van der Waals surface area contributed by atoms with Crippen molar-refractivity contribution in [3.05, 3.63) is 48.7 Å². The van der Waals surface area contributed by atoms with Gasteiger partial charge in [-0.2, -0.15) is 9.67 Å². The lowest BCUT2D eigenvalue weighted by molar-refractivity contribution is 0.248. The average molecular weight is 376 g/mol. The first-order chi connectivity index (χ1) is 13.7. The second kappa shape index (κ2) is 7.20. The Morgan fingerprint density at radius 1 is 1.00 bits per heavy atom. The van der Waals surface area contributed by atoms with Crippen molar-refractivity contribution >= 4 is 17.3 Å². The monoisotopic (exact) mass is 376 g/mol. The van der Waals surface area contributed by atoms with E-state index >= 15 is 0 Å². The molecular formula is C20H24N8. The van der Waals surface area contributed by atoms with Crippen molar-refractivity contribution in [2.45, 2.75) is 25.8 Å². The van der Waals surface area contributed by atoms with Crippen LogP contribution in [0.5, 0.6) is 0 Å². The summed E-state index contributed by atoms with van der Waals surface area (Å²) in [5, 5.41) is 7.78. The van der Waals surface area contributed by atoms with E-state index in [9.17, 15) is 0 Å². The molecule has 0 radical (unpaired) electrons. The maximum atomic E-state index is 4.46. The molecule has 1 aromatic carbocycles. The van der Waals surface area contributed by atoms with Gasteiger partial charge >= 0.3 is 0 Å². The lowest BCUT2D eigenvalue weighted by Gasteiger charge is -2.36. The fraction of sp³-hybridized carbons (Fsp3) is 0.400. The second-order valence-electron chi connectivity index (χ2n) is 7.51. The molecule has 0 bridgehead atoms. The fourth-order valence-electron chi connectivity index (χ4n) is 3.77. The first-order valence-corrected chi connectivity index (χ1v) is 9.80. The quantitative estimate of drug-likeness (QED) is 0.733. The van der Waals surface area contributed by atoms with Gasteiger partial charge in [0.2, 0.25) is 5.95 Å². The topological polar surface area (TPSA) is 75.0 Å². The van der Waals surface area contributed by atoms with Crippen LogP contribution >= 0.6 is 0 Å². The van der Waals surface area contributed by atoms with Gasteiger partial charge in [-0.1, -0.05) is 0 Å². The van der Waals surface area contributed by atoms with Crippen LogP contribution in [0.2, 0.25) is 0 Å². The maximum Gasteiger partial charge on any atom is 0.247 e. The van der Waals surface area contributed by atoms with Crippen LogP contribution in [0.15, 0.2) is 43.1 Å². The summed E-state index contributed by atoms with van der Waals surface area (Å²) in [4.78, 5) is 17.8. The van der Waals surface area contributed by atoms with E-state index in [0.29, 0.717) is 11.8 Å². The SMILES string of the molecule is Cc1cc(Nc2ncn(-c3cnccn3)n2)cc(N2CCN(C3CC3)CC2)c1. The van der Waals surface area contributed by atoms with Crippen LogP contribution in [-0.4, -0.2) is 61.9 Å². The normalized spacial score (nSPS) is 17.7. The van der Waals surface area contributed by atoms with Crippen LogP contribution in [0.1, 0.15) is 18.4 Å². The van der Waals surface area contributed by atoms with Gasteiger partial charge in [-0.3, -0.25) is 9.88 Å². The van der Waals surface area contributed by atoms with Gasteiger partial charge in [0, 0.05) is 56.0 Å². The van der Waals surface area contributed by atoms with E-state index in [-0.39, 0.29) is 0 Å². The first kappa shape index (κ1) is 17.1. The average Bonchev–Trinajstić information content (AvgIpc) is 3.47. The summed E-state index contributed by atoms with van der Waals surface area (Å²) in [6, 6.07) is 7.41. The van der Waals surface area contributed by atoms with Crippen molar-refractivity contribution in [3.8, 4) is 5.82 Å². The number of nitrogens with one attached hydrogen (secondary N) is 1. The molecule has 1 aliphatic carbocycles. The minimum absolute atomic E-state index is 0.542. The highest BCUT2D eigenvalue weighted by molar-refractivity contribution is 5.64. The zero-order chi connectivity index (χ0) is 18.9. The van der Waals surface area contributed by atoms with Gasteiger partial charge in [-0.15, -0.1) is 5.10 Å². The molecule has 5 rings (SSSR count). The standard InChI is InChI=1S/C20H24N8/c1-15-10-16(24-20-23-14-28(25-20)19-13-21-4-5-22-19)12-18(11-15)27-8-6-26(7-9-27)17-2-3-17/h4-5,10-14,17H,2-3,6-9H2,1H3,(H,24,25). The van der Waals surface area contributed by atoms with Crippen molar-refractivity contribution in [2.75, 3.05) is 36.4 Å². The number of rotatable bonds is 5. The molecule has 8 nitrogen and oxygen atoms in total. The van der Waals surface area contributed by atoms with Crippen LogP contribution in [-0.2, 0) is 0 Å². The minimum atomic E-state index is 0.542. The summed E-state index contributed by atoms with van der Waals surface area (Å²) in [6.45, 7) is 6.61. The fourth-order valence-corrected chi connectivity index (χ4v) is 3.77. The van der Waals surface area contributed by atoms with Crippen molar-refractivity contribution in [1.29, 1.82) is 0 Å². The molecule has 2 fully saturated rings. The van der Waals surface area contributed by atoms with E-state index in [0.717, 1.165) is 37.9 Å². The molecule has 144 valence electrons. The summed E-state index contributed by atoms with van der Waals surface area (Å²) in [7, 11) is 0. The molecule has 1 saturated carbocycles. The third-order valence-electron chi connectivity index (χ3n) is 5.34. The van der Waals surface area contributed by atoms with E-state index in [1.807, 2.05) is 0 Å². The molecule has 0 spiro atoms. The molecule has 2 aromatic heterocycles. The summed E-state index contributed by atoms with van der Waals surface area (Å²) in [5.41, 5.74) is 3.47. The number of hydrogen-bond acceptors (Lipinski definition) is 7. The molecule has 0 unspecified atom stereocenters. The highest BCUT2D eigenvalue weighted by Crippen LogP contribution is 2.30. The molecule has 8 heteroatoms. The number of hydrogen-bond donors (Lipinski definition) is 1. The number of anilines is 3. The van der Waals surface area contributed by atoms with Gasteiger partial charge in [0.25, 0.3) is 0 Å². The lowest BCUT2D eigenvalue weighted by Crippen LogP contribution is -2.47. The zero-order valence-electron chi connectivity index (χ0n) is 16.0. The number of aryl methyl sites for hydroxylation is 1. The Kier molecular flexibility index (Phi) is 4.40. The molecule has 2 aliphatic rings. The minimum Gasteiger partial charge on any atom is -0.369 e. The number of nitrogens with zero attached hydrogens (tertiary/aromatic N) is 7. The Morgan fingerprint density at radius 3 is 2.61 bits per heavy atom. The molecule has 3 heterocycles. The van der Waals surface area contributed by atoms with Crippen LogP contribution in [0.4, 0.5) is 17.3 Å². The Bertz CT molecular complexity index is 942. The zero-order valence-corrected chi connectivity index (χ0v) is 16.0. The Hall–Kier alpha value is -3.00. The van der Waals surface area contributed by atoms with Gasteiger partial charge in [-0.25, -0.2) is 4.98 Å². The van der Waals surface area contributed by atoms with Gasteiger partial charge < -0.3 is 10.2 Å². The highest BCUT2D eigenvalue weighted by Gasteiger charge is 2.31. The third kappa shape index (κ3) is 3.68. The van der Waals surface area contributed by atoms with Gasteiger partial charge in [-0.05, 0) is 43.5 Å². The van der Waals surface area contributed by atoms with E-state index in [1.54, 1.807) is 29.6 Å². The number of piperazine rings is 1. The van der Waals surface area contributed by atoms with Crippen molar-refractivity contribution in [3.63, 3.8) is 0 Å². The smallest absolute Gasteiger partial charge is 0.247 e. The van der Waals surface area contributed by atoms with E-state index in [4.69, 9.17) is 0 Å². The highest BCUT2D eigenvalue weighted by atomic mass is 15.4. The molecule has 0 atom stereocenters. The van der Waals surface area contributed by atoms with Crippen LogP contribution in [0.3, 0.4) is 0 Å². The Balaban J connectivity index is 1.30. The van der Waals surface area contributed by atoms with Crippen LogP contribution in [0, 0.1) is 6.92 Å². The van der Waals surface area contributed by atoms with Crippen LogP contribution < -0.4 is 10.2 Å². The maximum absolute atomic E-state index is 4.46. The summed E-state index contributed by atoms with van der Waals surface area (Å²) in [6.07, 6.45) is 9.34. The lowest BCUT2D eigenvalue weighted by atomic mass is 10.1. The Morgan fingerprint density at radius 2 is 1.86 bits per heavy atom. The summed E-state index contributed by atoms with van der Waals surface area (Å²) < 4.78 is 1.61. The molecule has 1 N–H and O–H groups in total. The van der Waals surface area contributed by atoms with Crippen LogP contribution in [0.25, 0.3) is 5.82 Å². The van der Waals surface area contributed by atoms with Crippen molar-refractivity contribution in [2.24, 2.45) is 0 Å². The van der Waals surface area contributed by atoms with E-state index in [2.05, 4.69) is 60.3 Å². The largest absolute Gasteiger partial charge is 0.369 e. The van der Waals surface area contributed by atoms with Crippen molar-refractivity contribution < 1.29 is 0 Å². The first-order valence-electron chi connectivity index (χ1n) is 9.80. The Labute approximate surface area is 164 Å². The summed E-state index contributed by atoms with van der Waals surface area (Å²) >= 11 is 0. The molecular weight excluding hydrogens is 352 g/mol. The van der Waals surface area contributed by atoms with Gasteiger partial charge in [0.1, 0.15) is 6.33 Å². The predicted octanol–water partition coefficient (Wildman–Crippen LogP) is 2.39. The number of benzene rings is 1.